The number of hydrogen-bond donors (Lipinski definition) is 0. The van der Waals surface area contributed by atoms with E-state index in [4.69, 9.17) is 14.2 Å². The summed E-state index contributed by atoms with van der Waals surface area (Å²) in [6.45, 7) is 0. The molecule has 0 bridgehead atoms. The van der Waals surface area contributed by atoms with Gasteiger partial charge in [0.05, 0.1) is 7.11 Å². The lowest BCUT2D eigenvalue weighted by Crippen LogP contribution is -2.34. The first kappa shape index (κ1) is 16.3. The molecule has 2 rings (SSSR count). The van der Waals surface area contributed by atoms with Crippen molar-refractivity contribution in [2.24, 2.45) is 0 Å². The Morgan fingerprint density at radius 3 is 1.57 bits per heavy atom. The van der Waals surface area contributed by atoms with Gasteiger partial charge in [0, 0.05) is 7.14 Å². The molecule has 0 saturated carbocycles. The summed E-state index contributed by atoms with van der Waals surface area (Å²) in [4.78, 5) is 11.8. The summed E-state index contributed by atoms with van der Waals surface area (Å²) in [7, 11) is 1.30. The van der Waals surface area contributed by atoms with E-state index in [1.54, 1.807) is 24.3 Å². The Morgan fingerprint density at radius 2 is 1.24 bits per heavy atom. The van der Waals surface area contributed by atoms with Crippen molar-refractivity contribution < 1.29 is 19.0 Å². The van der Waals surface area contributed by atoms with Gasteiger partial charge < -0.3 is 14.2 Å². The molecule has 4 nitrogen and oxygen atoms in total. The van der Waals surface area contributed by atoms with Gasteiger partial charge in [-0.3, -0.25) is 0 Å². The highest BCUT2D eigenvalue weighted by molar-refractivity contribution is 14.1. The Bertz CT molecular complexity index is 549. The lowest BCUT2D eigenvalue weighted by molar-refractivity contribution is -0.162. The van der Waals surface area contributed by atoms with Crippen molar-refractivity contribution in [1.82, 2.24) is 0 Å². The van der Waals surface area contributed by atoms with Crippen molar-refractivity contribution in [3.63, 3.8) is 0 Å². The smallest absolute Gasteiger partial charge is 0.389 e. The fraction of sp³-hybridized carbons (Fsp3) is 0.133. The maximum Gasteiger partial charge on any atom is 0.389 e. The maximum atomic E-state index is 11.8. The average Bonchev–Trinajstić information content (AvgIpc) is 2.50. The number of ether oxygens (including phenoxy) is 3. The SMILES string of the molecule is COC(=O)C(Oc1ccc(I)cc1)Oc1ccc(I)cc1. The highest BCUT2D eigenvalue weighted by Crippen LogP contribution is 2.19. The van der Waals surface area contributed by atoms with Crippen LogP contribution in [0.1, 0.15) is 0 Å². The molecule has 0 atom stereocenters. The molecule has 0 amide bonds. The third-order valence-corrected chi connectivity index (χ3v) is 3.95. The van der Waals surface area contributed by atoms with E-state index in [2.05, 4.69) is 45.2 Å². The maximum absolute atomic E-state index is 11.8. The Kier molecular flexibility index (Phi) is 6.09. The molecule has 0 aromatic heterocycles. The second-order valence-corrected chi connectivity index (χ2v) is 6.49. The van der Waals surface area contributed by atoms with Gasteiger partial charge in [0.1, 0.15) is 11.5 Å². The fourth-order valence-electron chi connectivity index (χ4n) is 1.49. The summed E-state index contributed by atoms with van der Waals surface area (Å²) in [5, 5.41) is 0. The fourth-order valence-corrected chi connectivity index (χ4v) is 2.21. The minimum absolute atomic E-state index is 0.538. The van der Waals surface area contributed by atoms with Crippen LogP contribution < -0.4 is 9.47 Å². The standard InChI is InChI=1S/C15H12I2O4/c1-19-14(18)15(20-12-6-2-10(16)3-7-12)21-13-8-4-11(17)5-9-13/h2-9,15H,1H3. The molecular formula is C15H12I2O4. The third kappa shape index (κ3) is 5.03. The normalized spacial score (nSPS) is 10.3. The monoisotopic (exact) mass is 510 g/mol. The van der Waals surface area contributed by atoms with E-state index < -0.39 is 12.3 Å². The van der Waals surface area contributed by atoms with Crippen molar-refractivity contribution in [3.8, 4) is 11.5 Å². The highest BCUT2D eigenvalue weighted by Gasteiger charge is 2.23. The molecule has 0 saturated heterocycles. The van der Waals surface area contributed by atoms with Crippen LogP contribution in [0.2, 0.25) is 0 Å². The van der Waals surface area contributed by atoms with Crippen LogP contribution in [0.4, 0.5) is 0 Å². The van der Waals surface area contributed by atoms with Crippen LogP contribution in [0, 0.1) is 7.14 Å². The average molecular weight is 510 g/mol. The van der Waals surface area contributed by atoms with Crippen molar-refractivity contribution in [2.45, 2.75) is 6.29 Å². The number of carbonyl (C=O) groups is 1. The van der Waals surface area contributed by atoms with Crippen molar-refractivity contribution in [3.05, 3.63) is 55.7 Å². The first-order valence-electron chi connectivity index (χ1n) is 6.01. The molecular weight excluding hydrogens is 498 g/mol. The molecule has 0 aliphatic rings. The molecule has 2 aromatic rings. The molecule has 110 valence electrons. The first-order chi connectivity index (χ1) is 10.1. The molecule has 0 aliphatic carbocycles. The zero-order valence-electron chi connectivity index (χ0n) is 11.1. The number of halogens is 2. The van der Waals surface area contributed by atoms with Gasteiger partial charge in [-0.1, -0.05) is 0 Å². The summed E-state index contributed by atoms with van der Waals surface area (Å²) >= 11 is 4.39. The van der Waals surface area contributed by atoms with E-state index >= 15 is 0 Å². The van der Waals surface area contributed by atoms with Gasteiger partial charge >= 0.3 is 12.3 Å². The molecule has 0 aliphatic heterocycles. The van der Waals surface area contributed by atoms with E-state index in [0.717, 1.165) is 7.14 Å². The Morgan fingerprint density at radius 1 is 0.857 bits per heavy atom. The second kappa shape index (κ2) is 7.83. The van der Waals surface area contributed by atoms with E-state index in [1.165, 1.54) is 7.11 Å². The minimum atomic E-state index is -1.14. The highest BCUT2D eigenvalue weighted by atomic mass is 127. The summed E-state index contributed by atoms with van der Waals surface area (Å²) < 4.78 is 18.0. The van der Waals surface area contributed by atoms with E-state index in [1.807, 2.05) is 24.3 Å². The van der Waals surface area contributed by atoms with Gasteiger partial charge in [-0.2, -0.15) is 0 Å². The first-order valence-corrected chi connectivity index (χ1v) is 8.16. The second-order valence-electron chi connectivity index (χ2n) is 4.00. The number of hydrogen-bond acceptors (Lipinski definition) is 4. The molecule has 2 aromatic carbocycles. The quantitative estimate of drug-likeness (QED) is 0.349. The van der Waals surface area contributed by atoms with Crippen molar-refractivity contribution in [2.75, 3.05) is 7.11 Å². The molecule has 21 heavy (non-hydrogen) atoms. The van der Waals surface area contributed by atoms with Crippen molar-refractivity contribution >= 4 is 51.2 Å². The van der Waals surface area contributed by atoms with Gasteiger partial charge in [-0.25, -0.2) is 4.79 Å². The topological polar surface area (TPSA) is 44.8 Å². The Hall–Kier alpha value is -1.03. The number of methoxy groups -OCH3 is 1. The third-order valence-electron chi connectivity index (χ3n) is 2.51. The van der Waals surface area contributed by atoms with Gasteiger partial charge in [0.25, 0.3) is 0 Å². The molecule has 6 heteroatoms. The zero-order chi connectivity index (χ0) is 15.2. The molecule has 0 N–H and O–H groups in total. The number of rotatable bonds is 5. The summed E-state index contributed by atoms with van der Waals surface area (Å²) in [5.74, 6) is 0.486. The van der Waals surface area contributed by atoms with Crippen LogP contribution >= 0.6 is 45.2 Å². The Labute approximate surface area is 150 Å². The van der Waals surface area contributed by atoms with Gasteiger partial charge in [0.15, 0.2) is 0 Å². The predicted octanol–water partition coefficient (Wildman–Crippen LogP) is 3.85. The minimum Gasteiger partial charge on any atom is -0.463 e. The molecule has 0 spiro atoms. The van der Waals surface area contributed by atoms with Crippen LogP contribution in [0.15, 0.2) is 48.5 Å². The molecule has 0 unspecified atom stereocenters. The number of benzene rings is 2. The predicted molar refractivity (Wildman–Crippen MR) is 95.4 cm³/mol. The van der Waals surface area contributed by atoms with Crippen molar-refractivity contribution in [1.29, 1.82) is 0 Å². The molecule has 0 radical (unpaired) electrons. The summed E-state index contributed by atoms with van der Waals surface area (Å²) in [6.07, 6.45) is -1.14. The van der Waals surface area contributed by atoms with Crippen LogP contribution in [-0.4, -0.2) is 19.4 Å². The molecule has 0 fully saturated rings. The lowest BCUT2D eigenvalue weighted by Gasteiger charge is -2.18. The van der Waals surface area contributed by atoms with Crippen LogP contribution in [-0.2, 0) is 9.53 Å². The van der Waals surface area contributed by atoms with E-state index in [0.29, 0.717) is 11.5 Å². The largest absolute Gasteiger partial charge is 0.463 e. The van der Waals surface area contributed by atoms with Crippen LogP contribution in [0.3, 0.4) is 0 Å². The molecule has 0 heterocycles. The van der Waals surface area contributed by atoms with Gasteiger partial charge in [0.2, 0.25) is 0 Å². The lowest BCUT2D eigenvalue weighted by atomic mass is 10.3. The number of carbonyl (C=O) groups excluding carboxylic acids is 1. The summed E-state index contributed by atoms with van der Waals surface area (Å²) in [5.41, 5.74) is 0. The Balaban J connectivity index is 2.12. The zero-order valence-corrected chi connectivity index (χ0v) is 15.4. The van der Waals surface area contributed by atoms with Gasteiger partial charge in [-0.05, 0) is 93.7 Å². The van der Waals surface area contributed by atoms with Crippen LogP contribution in [0.5, 0.6) is 11.5 Å². The van der Waals surface area contributed by atoms with E-state index in [9.17, 15) is 4.79 Å². The van der Waals surface area contributed by atoms with E-state index in [-0.39, 0.29) is 0 Å². The number of esters is 1. The summed E-state index contributed by atoms with van der Waals surface area (Å²) in [6, 6.07) is 14.6. The van der Waals surface area contributed by atoms with Gasteiger partial charge in [-0.15, -0.1) is 0 Å². The van der Waals surface area contributed by atoms with Crippen LogP contribution in [0.25, 0.3) is 0 Å².